The van der Waals surface area contributed by atoms with Crippen LogP contribution < -0.4 is 10.6 Å². The SMILES string of the molecule is N[C@@]1(C#Cc2ccccc2)C(=O)N(Cc2ccccc2)c2ccccc21. The number of carbonyl (C=O) groups is 1. The van der Waals surface area contributed by atoms with Crippen molar-refractivity contribution in [2.75, 3.05) is 4.90 Å². The zero-order valence-corrected chi connectivity index (χ0v) is 14.2. The molecule has 0 fully saturated rings. The summed E-state index contributed by atoms with van der Waals surface area (Å²) in [5.41, 5.74) is 8.68. The molecule has 3 aromatic carbocycles. The summed E-state index contributed by atoms with van der Waals surface area (Å²) in [7, 11) is 0. The van der Waals surface area contributed by atoms with Crippen LogP contribution in [0.5, 0.6) is 0 Å². The smallest absolute Gasteiger partial charge is 0.264 e. The zero-order chi connectivity index (χ0) is 18.0. The van der Waals surface area contributed by atoms with Crippen molar-refractivity contribution in [1.82, 2.24) is 0 Å². The summed E-state index contributed by atoms with van der Waals surface area (Å²) in [6, 6.07) is 27.1. The Hall–Kier alpha value is -3.35. The van der Waals surface area contributed by atoms with Crippen LogP contribution in [-0.2, 0) is 16.9 Å². The van der Waals surface area contributed by atoms with Crippen LogP contribution in [0.3, 0.4) is 0 Å². The standard InChI is InChI=1S/C23H18N2O/c24-23(16-15-18-9-3-1-4-10-18)20-13-7-8-14-21(20)25(22(23)26)17-19-11-5-2-6-12-19/h1-14H,17,24H2/t23-/m1/s1. The van der Waals surface area contributed by atoms with Gasteiger partial charge < -0.3 is 10.6 Å². The molecule has 3 nitrogen and oxygen atoms in total. The van der Waals surface area contributed by atoms with Gasteiger partial charge in [0.25, 0.3) is 5.91 Å². The maximum Gasteiger partial charge on any atom is 0.264 e. The molecule has 2 N–H and O–H groups in total. The van der Waals surface area contributed by atoms with Crippen LogP contribution in [0.15, 0.2) is 84.9 Å². The number of nitrogens with zero attached hydrogens (tertiary/aromatic N) is 1. The summed E-state index contributed by atoms with van der Waals surface area (Å²) in [4.78, 5) is 14.9. The van der Waals surface area contributed by atoms with Crippen LogP contribution >= 0.6 is 0 Å². The molecular formula is C23H18N2O. The monoisotopic (exact) mass is 338 g/mol. The number of amides is 1. The van der Waals surface area contributed by atoms with E-state index in [0.29, 0.717) is 6.54 Å². The van der Waals surface area contributed by atoms with Gasteiger partial charge in [-0.2, -0.15) is 0 Å². The number of nitrogens with two attached hydrogens (primary N) is 1. The van der Waals surface area contributed by atoms with Gasteiger partial charge in [0.2, 0.25) is 0 Å². The molecule has 1 aliphatic rings. The lowest BCUT2D eigenvalue weighted by atomic mass is 9.93. The van der Waals surface area contributed by atoms with Crippen LogP contribution in [0, 0.1) is 11.8 Å². The third-order valence-corrected chi connectivity index (χ3v) is 4.56. The van der Waals surface area contributed by atoms with E-state index in [2.05, 4.69) is 11.8 Å². The molecule has 0 saturated heterocycles. The van der Waals surface area contributed by atoms with Crippen LogP contribution in [0.4, 0.5) is 5.69 Å². The minimum absolute atomic E-state index is 0.189. The Kier molecular flexibility index (Phi) is 4.04. The van der Waals surface area contributed by atoms with Crippen molar-refractivity contribution in [1.29, 1.82) is 0 Å². The number of benzene rings is 3. The van der Waals surface area contributed by atoms with Crippen molar-refractivity contribution in [3.63, 3.8) is 0 Å². The van der Waals surface area contributed by atoms with Gasteiger partial charge in [-0.25, -0.2) is 0 Å². The summed E-state index contributed by atoms with van der Waals surface area (Å²) < 4.78 is 0. The van der Waals surface area contributed by atoms with Gasteiger partial charge in [0.15, 0.2) is 5.54 Å². The van der Waals surface area contributed by atoms with Crippen molar-refractivity contribution in [3.8, 4) is 11.8 Å². The van der Waals surface area contributed by atoms with E-state index in [0.717, 1.165) is 22.4 Å². The Balaban J connectivity index is 1.75. The molecule has 0 aromatic heterocycles. The summed E-state index contributed by atoms with van der Waals surface area (Å²) in [6.45, 7) is 0.475. The van der Waals surface area contributed by atoms with Crippen molar-refractivity contribution in [3.05, 3.63) is 102 Å². The Morgan fingerprint density at radius 2 is 1.46 bits per heavy atom. The van der Waals surface area contributed by atoms with E-state index < -0.39 is 5.54 Å². The molecule has 1 heterocycles. The Bertz CT molecular complexity index is 1000. The van der Waals surface area contributed by atoms with E-state index in [1.54, 1.807) is 4.90 Å². The molecule has 1 aliphatic heterocycles. The summed E-state index contributed by atoms with van der Waals surface area (Å²) in [6.07, 6.45) is 0. The number of hydrogen-bond acceptors (Lipinski definition) is 2. The minimum Gasteiger partial charge on any atom is -0.305 e. The van der Waals surface area contributed by atoms with E-state index in [1.807, 2.05) is 84.9 Å². The molecule has 126 valence electrons. The second kappa shape index (κ2) is 6.51. The van der Waals surface area contributed by atoms with Crippen molar-refractivity contribution in [2.45, 2.75) is 12.1 Å². The lowest BCUT2D eigenvalue weighted by Crippen LogP contribution is -2.46. The van der Waals surface area contributed by atoms with Crippen molar-refractivity contribution in [2.24, 2.45) is 5.73 Å². The fourth-order valence-corrected chi connectivity index (χ4v) is 3.22. The van der Waals surface area contributed by atoms with E-state index in [-0.39, 0.29) is 5.91 Å². The van der Waals surface area contributed by atoms with Crippen LogP contribution in [0.25, 0.3) is 0 Å². The van der Waals surface area contributed by atoms with E-state index in [9.17, 15) is 4.79 Å². The topological polar surface area (TPSA) is 46.3 Å². The number of rotatable bonds is 2. The normalized spacial score (nSPS) is 18.2. The molecule has 0 radical (unpaired) electrons. The fourth-order valence-electron chi connectivity index (χ4n) is 3.22. The molecule has 0 aliphatic carbocycles. The summed E-state index contributed by atoms with van der Waals surface area (Å²) in [5, 5.41) is 0. The maximum absolute atomic E-state index is 13.2. The van der Waals surface area contributed by atoms with Gasteiger partial charge in [0.1, 0.15) is 0 Å². The van der Waals surface area contributed by atoms with Gasteiger partial charge in [-0.1, -0.05) is 78.6 Å². The summed E-state index contributed by atoms with van der Waals surface area (Å²) >= 11 is 0. The number of anilines is 1. The highest BCUT2D eigenvalue weighted by molar-refractivity contribution is 6.09. The van der Waals surface area contributed by atoms with Crippen LogP contribution in [0.2, 0.25) is 0 Å². The van der Waals surface area contributed by atoms with E-state index in [4.69, 9.17) is 5.73 Å². The van der Waals surface area contributed by atoms with Crippen molar-refractivity contribution >= 4 is 11.6 Å². The molecule has 26 heavy (non-hydrogen) atoms. The lowest BCUT2D eigenvalue weighted by molar-refractivity contribution is -0.121. The first-order valence-electron chi connectivity index (χ1n) is 8.51. The number of hydrogen-bond donors (Lipinski definition) is 1. The van der Waals surface area contributed by atoms with Crippen LogP contribution in [-0.4, -0.2) is 5.91 Å². The van der Waals surface area contributed by atoms with Crippen LogP contribution in [0.1, 0.15) is 16.7 Å². The van der Waals surface area contributed by atoms with Gasteiger partial charge in [0.05, 0.1) is 12.2 Å². The first kappa shape index (κ1) is 16.1. The van der Waals surface area contributed by atoms with Gasteiger partial charge in [-0.05, 0) is 23.8 Å². The largest absolute Gasteiger partial charge is 0.305 e. The molecule has 1 amide bonds. The molecule has 0 bridgehead atoms. The molecule has 0 unspecified atom stereocenters. The molecule has 0 spiro atoms. The minimum atomic E-state index is -1.33. The number of carbonyl (C=O) groups excluding carboxylic acids is 1. The Labute approximate surface area is 153 Å². The molecule has 0 saturated carbocycles. The van der Waals surface area contributed by atoms with Gasteiger partial charge in [-0.3, -0.25) is 4.79 Å². The highest BCUT2D eigenvalue weighted by Crippen LogP contribution is 2.39. The fraction of sp³-hybridized carbons (Fsp3) is 0.0870. The molecule has 1 atom stereocenters. The second-order valence-corrected chi connectivity index (χ2v) is 6.32. The first-order valence-corrected chi connectivity index (χ1v) is 8.51. The zero-order valence-electron chi connectivity index (χ0n) is 14.2. The molecule has 3 aromatic rings. The Morgan fingerprint density at radius 3 is 2.19 bits per heavy atom. The van der Waals surface area contributed by atoms with E-state index >= 15 is 0 Å². The summed E-state index contributed by atoms with van der Waals surface area (Å²) in [5.74, 6) is 5.90. The van der Waals surface area contributed by atoms with Gasteiger partial charge in [0, 0.05) is 11.1 Å². The maximum atomic E-state index is 13.2. The highest BCUT2D eigenvalue weighted by atomic mass is 16.2. The Morgan fingerprint density at radius 1 is 0.846 bits per heavy atom. The van der Waals surface area contributed by atoms with E-state index in [1.165, 1.54) is 0 Å². The van der Waals surface area contributed by atoms with Crippen molar-refractivity contribution < 1.29 is 4.79 Å². The molecular weight excluding hydrogens is 320 g/mol. The average molecular weight is 338 g/mol. The second-order valence-electron chi connectivity index (χ2n) is 6.32. The predicted octanol–water partition coefficient (Wildman–Crippen LogP) is 3.44. The first-order chi connectivity index (χ1) is 12.7. The molecule has 4 rings (SSSR count). The number of para-hydroxylation sites is 1. The lowest BCUT2D eigenvalue weighted by Gasteiger charge is -2.20. The highest BCUT2D eigenvalue weighted by Gasteiger charge is 2.47. The molecule has 3 heteroatoms. The van der Waals surface area contributed by atoms with Gasteiger partial charge in [-0.15, -0.1) is 0 Å². The predicted molar refractivity (Wildman–Crippen MR) is 103 cm³/mol. The third kappa shape index (κ3) is 2.77. The third-order valence-electron chi connectivity index (χ3n) is 4.56. The number of fused-ring (bicyclic) bond motifs is 1. The quantitative estimate of drug-likeness (QED) is 0.728. The van der Waals surface area contributed by atoms with Gasteiger partial charge >= 0.3 is 0 Å². The average Bonchev–Trinajstić information content (AvgIpc) is 2.91.